The Morgan fingerprint density at radius 1 is 1.16 bits per heavy atom. The van der Waals surface area contributed by atoms with Gasteiger partial charge in [0.05, 0.1) is 20.2 Å². The maximum absolute atomic E-state index is 12.2. The third-order valence-corrected chi connectivity index (χ3v) is 5.26. The van der Waals surface area contributed by atoms with Gasteiger partial charge < -0.3 is 24.8 Å². The van der Waals surface area contributed by atoms with E-state index in [1.165, 1.54) is 0 Å². The second-order valence-corrected chi connectivity index (χ2v) is 7.05. The fourth-order valence-corrected chi connectivity index (χ4v) is 3.54. The molecule has 6 heteroatoms. The Hall–Kier alpha value is -1.95. The number of methoxy groups -OCH3 is 1. The molecule has 1 aliphatic carbocycles. The molecule has 0 bridgehead atoms. The number of likely N-dealkylation sites (tertiary alicyclic amines) is 1. The second kappa shape index (κ2) is 8.43. The first-order valence-corrected chi connectivity index (χ1v) is 9.13. The number of para-hydroxylation sites is 2. The zero-order valence-corrected chi connectivity index (χ0v) is 14.8. The lowest BCUT2D eigenvalue weighted by Crippen LogP contribution is -2.59. The van der Waals surface area contributed by atoms with Gasteiger partial charge in [-0.1, -0.05) is 12.1 Å². The van der Waals surface area contributed by atoms with E-state index in [1.54, 1.807) is 12.0 Å². The Labute approximate surface area is 149 Å². The summed E-state index contributed by atoms with van der Waals surface area (Å²) in [5, 5.41) is 12.2. The van der Waals surface area contributed by atoms with E-state index < -0.39 is 0 Å². The van der Waals surface area contributed by atoms with Crippen LogP contribution in [0.1, 0.15) is 25.7 Å². The predicted octanol–water partition coefficient (Wildman–Crippen LogP) is 2.27. The Kier molecular flexibility index (Phi) is 6.02. The van der Waals surface area contributed by atoms with Crippen molar-refractivity contribution in [3.8, 4) is 11.5 Å². The average Bonchev–Trinajstić information content (AvgIpc) is 2.63. The molecule has 0 unspecified atom stereocenters. The van der Waals surface area contributed by atoms with Crippen LogP contribution in [-0.2, 0) is 0 Å². The number of aliphatic hydroxyl groups is 1. The molecule has 0 spiro atoms. The first kappa shape index (κ1) is 17.9. The Morgan fingerprint density at radius 3 is 2.44 bits per heavy atom. The highest BCUT2D eigenvalue weighted by Gasteiger charge is 2.33. The van der Waals surface area contributed by atoms with Gasteiger partial charge in [-0.2, -0.15) is 0 Å². The SMILES string of the molecule is COc1ccccc1OC1CN(C(=O)NCC2CCC(CO)CC2)C1. The van der Waals surface area contributed by atoms with Crippen LogP contribution in [0.2, 0.25) is 0 Å². The molecule has 0 radical (unpaired) electrons. The quantitative estimate of drug-likeness (QED) is 0.827. The van der Waals surface area contributed by atoms with Gasteiger partial charge in [-0.05, 0) is 49.7 Å². The van der Waals surface area contributed by atoms with Gasteiger partial charge in [0, 0.05) is 13.2 Å². The monoisotopic (exact) mass is 348 g/mol. The van der Waals surface area contributed by atoms with Crippen molar-refractivity contribution in [1.29, 1.82) is 0 Å². The number of nitrogens with zero attached hydrogens (tertiary/aromatic N) is 1. The fourth-order valence-electron chi connectivity index (χ4n) is 3.54. The molecule has 1 saturated carbocycles. The molecule has 0 atom stereocenters. The Bertz CT molecular complexity index is 566. The minimum atomic E-state index is -0.0100. The molecule has 1 heterocycles. The van der Waals surface area contributed by atoms with Crippen LogP contribution in [0.3, 0.4) is 0 Å². The predicted molar refractivity (Wildman–Crippen MR) is 94.9 cm³/mol. The van der Waals surface area contributed by atoms with Crippen LogP contribution in [0.15, 0.2) is 24.3 Å². The average molecular weight is 348 g/mol. The van der Waals surface area contributed by atoms with Crippen molar-refractivity contribution in [2.75, 3.05) is 33.4 Å². The molecule has 2 aliphatic rings. The highest BCUT2D eigenvalue weighted by molar-refractivity contribution is 5.75. The van der Waals surface area contributed by atoms with Crippen LogP contribution in [0, 0.1) is 11.8 Å². The molecule has 1 aliphatic heterocycles. The molecular weight excluding hydrogens is 320 g/mol. The van der Waals surface area contributed by atoms with Gasteiger partial charge in [0.25, 0.3) is 0 Å². The summed E-state index contributed by atoms with van der Waals surface area (Å²) in [7, 11) is 1.62. The lowest BCUT2D eigenvalue weighted by Gasteiger charge is -2.39. The van der Waals surface area contributed by atoms with Crippen molar-refractivity contribution in [3.05, 3.63) is 24.3 Å². The smallest absolute Gasteiger partial charge is 0.317 e. The van der Waals surface area contributed by atoms with Crippen molar-refractivity contribution < 1.29 is 19.4 Å². The van der Waals surface area contributed by atoms with Gasteiger partial charge in [-0.15, -0.1) is 0 Å². The van der Waals surface area contributed by atoms with Gasteiger partial charge in [0.15, 0.2) is 11.5 Å². The van der Waals surface area contributed by atoms with E-state index in [2.05, 4.69) is 5.32 Å². The van der Waals surface area contributed by atoms with Gasteiger partial charge in [-0.3, -0.25) is 0 Å². The molecule has 2 amide bonds. The van der Waals surface area contributed by atoms with Gasteiger partial charge in [0.2, 0.25) is 0 Å². The molecule has 3 rings (SSSR count). The summed E-state index contributed by atoms with van der Waals surface area (Å²) in [6, 6.07) is 7.55. The number of hydrogen-bond donors (Lipinski definition) is 2. The van der Waals surface area contributed by atoms with Crippen molar-refractivity contribution in [3.63, 3.8) is 0 Å². The van der Waals surface area contributed by atoms with Crippen molar-refractivity contribution in [2.24, 2.45) is 11.8 Å². The van der Waals surface area contributed by atoms with E-state index in [-0.39, 0.29) is 12.1 Å². The van der Waals surface area contributed by atoms with E-state index in [0.717, 1.165) is 38.0 Å². The van der Waals surface area contributed by atoms with Gasteiger partial charge in [-0.25, -0.2) is 4.79 Å². The molecule has 2 fully saturated rings. The third-order valence-electron chi connectivity index (χ3n) is 5.26. The zero-order valence-electron chi connectivity index (χ0n) is 14.8. The summed E-state index contributed by atoms with van der Waals surface area (Å²) < 4.78 is 11.2. The zero-order chi connectivity index (χ0) is 17.6. The molecule has 6 nitrogen and oxygen atoms in total. The number of aliphatic hydroxyl groups excluding tert-OH is 1. The van der Waals surface area contributed by atoms with Crippen molar-refractivity contribution in [2.45, 2.75) is 31.8 Å². The summed E-state index contributed by atoms with van der Waals surface area (Å²) >= 11 is 0. The van der Waals surface area contributed by atoms with E-state index in [9.17, 15) is 9.90 Å². The Balaban J connectivity index is 1.36. The number of hydrogen-bond acceptors (Lipinski definition) is 4. The first-order chi connectivity index (χ1) is 12.2. The minimum absolute atomic E-state index is 0.0100. The van der Waals surface area contributed by atoms with Crippen LogP contribution in [0.25, 0.3) is 0 Å². The molecule has 25 heavy (non-hydrogen) atoms. The number of benzene rings is 1. The van der Waals surface area contributed by atoms with Crippen molar-refractivity contribution >= 4 is 6.03 Å². The molecule has 0 aromatic heterocycles. The second-order valence-electron chi connectivity index (χ2n) is 7.05. The highest BCUT2D eigenvalue weighted by atomic mass is 16.5. The summed E-state index contributed by atoms with van der Waals surface area (Å²) in [4.78, 5) is 14.0. The Morgan fingerprint density at radius 2 is 1.80 bits per heavy atom. The summed E-state index contributed by atoms with van der Waals surface area (Å²) in [6.45, 7) is 2.22. The molecular formula is C19H28N2O4. The first-order valence-electron chi connectivity index (χ1n) is 9.13. The van der Waals surface area contributed by atoms with Crippen LogP contribution in [0.5, 0.6) is 11.5 Å². The van der Waals surface area contributed by atoms with Crippen LogP contribution in [-0.4, -0.2) is 55.5 Å². The van der Waals surface area contributed by atoms with E-state index in [0.29, 0.717) is 37.3 Å². The number of carbonyl (C=O) groups excluding carboxylic acids is 1. The van der Waals surface area contributed by atoms with E-state index in [1.807, 2.05) is 24.3 Å². The molecule has 1 aromatic carbocycles. The van der Waals surface area contributed by atoms with Crippen LogP contribution >= 0.6 is 0 Å². The number of amides is 2. The lowest BCUT2D eigenvalue weighted by molar-refractivity contribution is 0.0421. The number of rotatable bonds is 6. The molecule has 2 N–H and O–H groups in total. The van der Waals surface area contributed by atoms with Gasteiger partial charge in [0.1, 0.15) is 6.10 Å². The summed E-state index contributed by atoms with van der Waals surface area (Å²) in [5.41, 5.74) is 0. The summed E-state index contributed by atoms with van der Waals surface area (Å²) in [5.74, 6) is 2.42. The normalized spacial score (nSPS) is 23.7. The number of carbonyl (C=O) groups is 1. The van der Waals surface area contributed by atoms with E-state index >= 15 is 0 Å². The summed E-state index contributed by atoms with van der Waals surface area (Å²) in [6.07, 6.45) is 4.32. The van der Waals surface area contributed by atoms with E-state index in [4.69, 9.17) is 9.47 Å². The third kappa shape index (κ3) is 4.57. The maximum atomic E-state index is 12.2. The molecule has 138 valence electrons. The minimum Gasteiger partial charge on any atom is -0.493 e. The maximum Gasteiger partial charge on any atom is 0.317 e. The standard InChI is InChI=1S/C19H28N2O4/c1-24-17-4-2-3-5-18(17)25-16-11-21(12-16)19(23)20-10-14-6-8-15(13-22)9-7-14/h2-5,14-16,22H,6-13H2,1H3,(H,20,23). The van der Waals surface area contributed by atoms with Gasteiger partial charge >= 0.3 is 6.03 Å². The van der Waals surface area contributed by atoms with Crippen molar-refractivity contribution in [1.82, 2.24) is 10.2 Å². The lowest BCUT2D eigenvalue weighted by atomic mass is 9.82. The number of ether oxygens (including phenoxy) is 2. The molecule has 1 aromatic rings. The number of nitrogens with one attached hydrogen (secondary N) is 1. The van der Waals surface area contributed by atoms with Crippen LogP contribution < -0.4 is 14.8 Å². The number of urea groups is 1. The molecule has 1 saturated heterocycles. The fraction of sp³-hybridized carbons (Fsp3) is 0.632. The largest absolute Gasteiger partial charge is 0.493 e. The van der Waals surface area contributed by atoms with Crippen LogP contribution in [0.4, 0.5) is 4.79 Å². The topological polar surface area (TPSA) is 71.0 Å². The highest BCUT2D eigenvalue weighted by Crippen LogP contribution is 2.29.